The number of hydrogen-bond donors (Lipinski definition) is 0. The Morgan fingerprint density at radius 1 is 1.40 bits per heavy atom. The smallest absolute Gasteiger partial charge is 0.223 e. The molecule has 3 nitrogen and oxygen atoms in total. The first-order valence-electron chi connectivity index (χ1n) is 6.26. The number of aryl methyl sites for hydroxylation is 1. The summed E-state index contributed by atoms with van der Waals surface area (Å²) in [4.78, 5) is 13.5. The third kappa shape index (κ3) is 3.93. The molecule has 0 saturated heterocycles. The second-order valence-corrected chi connectivity index (χ2v) is 5.48. The normalized spacial score (nSPS) is 10.6. The molecule has 1 aromatic heterocycles. The Kier molecular flexibility index (Phi) is 4.95. The standard InChI is InChI=1S/C15H15BrFNO2/c1-18(10-11-9-12(16)4-6-14(11)17)15(19)7-5-13-3-2-8-20-13/h2-4,6,8-9H,5,7,10H2,1H3. The van der Waals surface area contributed by atoms with Gasteiger partial charge in [0, 0.05) is 36.5 Å². The zero-order valence-electron chi connectivity index (χ0n) is 11.1. The van der Waals surface area contributed by atoms with Crippen LogP contribution in [0.4, 0.5) is 4.39 Å². The molecule has 0 fully saturated rings. The minimum atomic E-state index is -0.307. The Labute approximate surface area is 125 Å². The summed E-state index contributed by atoms with van der Waals surface area (Å²) in [7, 11) is 1.67. The van der Waals surface area contributed by atoms with Crippen LogP contribution >= 0.6 is 15.9 Å². The largest absolute Gasteiger partial charge is 0.469 e. The molecule has 2 aromatic rings. The van der Waals surface area contributed by atoms with Crippen LogP contribution in [0, 0.1) is 5.82 Å². The van der Waals surface area contributed by atoms with E-state index in [0.29, 0.717) is 18.4 Å². The van der Waals surface area contributed by atoms with E-state index in [1.54, 1.807) is 31.5 Å². The molecule has 0 bridgehead atoms. The fourth-order valence-electron chi connectivity index (χ4n) is 1.88. The predicted octanol–water partition coefficient (Wildman–Crippen LogP) is 3.77. The Balaban J connectivity index is 1.92. The van der Waals surface area contributed by atoms with Gasteiger partial charge >= 0.3 is 0 Å². The van der Waals surface area contributed by atoms with Gasteiger partial charge in [-0.25, -0.2) is 4.39 Å². The summed E-state index contributed by atoms with van der Waals surface area (Å²) in [6.45, 7) is 0.252. The first kappa shape index (κ1) is 14.8. The van der Waals surface area contributed by atoms with Gasteiger partial charge in [0.15, 0.2) is 0 Å². The lowest BCUT2D eigenvalue weighted by molar-refractivity contribution is -0.130. The lowest BCUT2D eigenvalue weighted by Crippen LogP contribution is -2.26. The number of hydrogen-bond acceptors (Lipinski definition) is 2. The minimum absolute atomic E-state index is 0.0409. The zero-order valence-corrected chi connectivity index (χ0v) is 12.7. The fourth-order valence-corrected chi connectivity index (χ4v) is 2.29. The third-order valence-corrected chi connectivity index (χ3v) is 3.50. The van der Waals surface area contributed by atoms with E-state index < -0.39 is 0 Å². The van der Waals surface area contributed by atoms with Crippen molar-refractivity contribution in [2.75, 3.05) is 7.05 Å². The molecule has 1 aromatic carbocycles. The molecule has 0 N–H and O–H groups in total. The highest BCUT2D eigenvalue weighted by molar-refractivity contribution is 9.10. The first-order valence-corrected chi connectivity index (χ1v) is 7.06. The summed E-state index contributed by atoms with van der Waals surface area (Å²) < 4.78 is 19.6. The van der Waals surface area contributed by atoms with Crippen LogP contribution in [0.5, 0.6) is 0 Å². The monoisotopic (exact) mass is 339 g/mol. The second kappa shape index (κ2) is 6.70. The summed E-state index contributed by atoms with van der Waals surface area (Å²) in [6, 6.07) is 8.34. The maximum absolute atomic E-state index is 13.6. The van der Waals surface area contributed by atoms with Gasteiger partial charge in [0.2, 0.25) is 5.91 Å². The molecule has 0 saturated carbocycles. The van der Waals surface area contributed by atoms with Gasteiger partial charge in [0.1, 0.15) is 11.6 Å². The summed E-state index contributed by atoms with van der Waals surface area (Å²) in [6.07, 6.45) is 2.48. The summed E-state index contributed by atoms with van der Waals surface area (Å²) in [5.41, 5.74) is 0.494. The molecule has 0 radical (unpaired) electrons. The van der Waals surface area contributed by atoms with Crippen molar-refractivity contribution in [3.05, 3.63) is 58.2 Å². The van der Waals surface area contributed by atoms with Crippen molar-refractivity contribution < 1.29 is 13.6 Å². The van der Waals surface area contributed by atoms with Crippen LogP contribution in [0.3, 0.4) is 0 Å². The quantitative estimate of drug-likeness (QED) is 0.830. The molecule has 20 heavy (non-hydrogen) atoms. The average Bonchev–Trinajstić information content (AvgIpc) is 2.93. The Morgan fingerprint density at radius 2 is 2.20 bits per heavy atom. The minimum Gasteiger partial charge on any atom is -0.469 e. The van der Waals surface area contributed by atoms with Crippen molar-refractivity contribution in [3.8, 4) is 0 Å². The van der Waals surface area contributed by atoms with E-state index in [0.717, 1.165) is 10.2 Å². The molecule has 1 heterocycles. The van der Waals surface area contributed by atoms with Gasteiger partial charge in [-0.2, -0.15) is 0 Å². The number of carbonyl (C=O) groups excluding carboxylic acids is 1. The zero-order chi connectivity index (χ0) is 14.5. The van der Waals surface area contributed by atoms with E-state index >= 15 is 0 Å². The van der Waals surface area contributed by atoms with Gasteiger partial charge in [-0.15, -0.1) is 0 Å². The van der Waals surface area contributed by atoms with Gasteiger partial charge in [-0.05, 0) is 30.3 Å². The fraction of sp³-hybridized carbons (Fsp3) is 0.267. The van der Waals surface area contributed by atoms with Crippen LogP contribution in [0.15, 0.2) is 45.5 Å². The topological polar surface area (TPSA) is 33.5 Å². The van der Waals surface area contributed by atoms with Gasteiger partial charge < -0.3 is 9.32 Å². The number of nitrogens with zero attached hydrogens (tertiary/aromatic N) is 1. The van der Waals surface area contributed by atoms with Gasteiger partial charge in [0.05, 0.1) is 6.26 Å². The van der Waals surface area contributed by atoms with E-state index in [1.807, 2.05) is 6.07 Å². The summed E-state index contributed by atoms with van der Waals surface area (Å²) >= 11 is 3.30. The molecule has 2 rings (SSSR count). The lowest BCUT2D eigenvalue weighted by Gasteiger charge is -2.17. The van der Waals surface area contributed by atoms with Crippen molar-refractivity contribution in [1.29, 1.82) is 0 Å². The molecule has 106 valence electrons. The SMILES string of the molecule is CN(Cc1cc(Br)ccc1F)C(=O)CCc1ccco1. The van der Waals surface area contributed by atoms with E-state index in [1.165, 1.54) is 11.0 Å². The molecule has 0 spiro atoms. The molecular formula is C15H15BrFNO2. The van der Waals surface area contributed by atoms with Crippen LogP contribution in [-0.4, -0.2) is 17.9 Å². The van der Waals surface area contributed by atoms with Gasteiger partial charge in [0.25, 0.3) is 0 Å². The predicted molar refractivity (Wildman–Crippen MR) is 77.6 cm³/mol. The summed E-state index contributed by atoms with van der Waals surface area (Å²) in [5.74, 6) is 0.431. The molecule has 5 heteroatoms. The lowest BCUT2D eigenvalue weighted by atomic mass is 10.2. The van der Waals surface area contributed by atoms with Crippen LogP contribution in [0.2, 0.25) is 0 Å². The van der Waals surface area contributed by atoms with Gasteiger partial charge in [-0.1, -0.05) is 15.9 Å². The maximum atomic E-state index is 13.6. The molecular weight excluding hydrogens is 325 g/mol. The molecule has 0 aliphatic heterocycles. The van der Waals surface area contributed by atoms with Crippen LogP contribution < -0.4 is 0 Å². The van der Waals surface area contributed by atoms with Crippen LogP contribution in [0.1, 0.15) is 17.7 Å². The Hall–Kier alpha value is -1.62. The average molecular weight is 340 g/mol. The molecule has 0 atom stereocenters. The molecule has 0 aliphatic rings. The number of benzene rings is 1. The van der Waals surface area contributed by atoms with Gasteiger partial charge in [-0.3, -0.25) is 4.79 Å². The Bertz CT molecular complexity index is 584. The van der Waals surface area contributed by atoms with Crippen molar-refractivity contribution in [2.24, 2.45) is 0 Å². The highest BCUT2D eigenvalue weighted by Gasteiger charge is 2.12. The first-order chi connectivity index (χ1) is 9.56. The number of carbonyl (C=O) groups is 1. The van der Waals surface area contributed by atoms with E-state index in [4.69, 9.17) is 4.42 Å². The summed E-state index contributed by atoms with van der Waals surface area (Å²) in [5, 5.41) is 0. The van der Waals surface area contributed by atoms with E-state index in [9.17, 15) is 9.18 Å². The van der Waals surface area contributed by atoms with Crippen molar-refractivity contribution in [3.63, 3.8) is 0 Å². The van der Waals surface area contributed by atoms with E-state index in [-0.39, 0.29) is 18.3 Å². The number of rotatable bonds is 5. The molecule has 0 unspecified atom stereocenters. The number of amides is 1. The van der Waals surface area contributed by atoms with Crippen molar-refractivity contribution in [1.82, 2.24) is 4.90 Å². The second-order valence-electron chi connectivity index (χ2n) is 4.56. The highest BCUT2D eigenvalue weighted by atomic mass is 79.9. The number of furan rings is 1. The van der Waals surface area contributed by atoms with Crippen molar-refractivity contribution in [2.45, 2.75) is 19.4 Å². The van der Waals surface area contributed by atoms with Crippen LogP contribution in [-0.2, 0) is 17.8 Å². The van der Waals surface area contributed by atoms with E-state index in [2.05, 4.69) is 15.9 Å². The molecule has 1 amide bonds. The third-order valence-electron chi connectivity index (χ3n) is 3.01. The maximum Gasteiger partial charge on any atom is 0.223 e. The van der Waals surface area contributed by atoms with Crippen LogP contribution in [0.25, 0.3) is 0 Å². The van der Waals surface area contributed by atoms with Crippen molar-refractivity contribution >= 4 is 21.8 Å². The highest BCUT2D eigenvalue weighted by Crippen LogP contribution is 2.17. The molecule has 0 aliphatic carbocycles. The number of halogens is 2. The Morgan fingerprint density at radius 3 is 2.90 bits per heavy atom.